The first-order valence-electron chi connectivity index (χ1n) is 5.96. The first-order chi connectivity index (χ1) is 8.97. The molecule has 0 fully saturated rings. The summed E-state index contributed by atoms with van der Waals surface area (Å²) < 4.78 is 0. The van der Waals surface area contributed by atoms with Crippen molar-refractivity contribution in [2.45, 2.75) is 32.5 Å². The SMILES string of the molecule is CC(=O)SCCC(O)C(O)c1c(C)cccc1C#N. The number of carbonyl (C=O) groups excluding carboxylic acids is 1. The smallest absolute Gasteiger partial charge is 0.185 e. The van der Waals surface area contributed by atoms with Gasteiger partial charge >= 0.3 is 0 Å². The zero-order valence-corrected chi connectivity index (χ0v) is 11.8. The van der Waals surface area contributed by atoms with E-state index < -0.39 is 12.2 Å². The van der Waals surface area contributed by atoms with Crippen LogP contribution in [0.2, 0.25) is 0 Å². The second-order valence-corrected chi connectivity index (χ2v) is 5.56. The van der Waals surface area contributed by atoms with Gasteiger partial charge in [0.15, 0.2) is 5.12 Å². The van der Waals surface area contributed by atoms with Crippen molar-refractivity contribution < 1.29 is 15.0 Å². The Bertz CT molecular complexity index is 496. The van der Waals surface area contributed by atoms with Crippen LogP contribution in [0.1, 0.15) is 36.1 Å². The molecule has 0 bridgehead atoms. The number of nitriles is 1. The second-order valence-electron chi connectivity index (χ2n) is 4.29. The Hall–Kier alpha value is -1.35. The highest BCUT2D eigenvalue weighted by Crippen LogP contribution is 2.26. The summed E-state index contributed by atoms with van der Waals surface area (Å²) >= 11 is 1.11. The van der Waals surface area contributed by atoms with Crippen LogP contribution >= 0.6 is 11.8 Å². The molecule has 5 heteroatoms. The lowest BCUT2D eigenvalue weighted by Crippen LogP contribution is -2.21. The summed E-state index contributed by atoms with van der Waals surface area (Å²) in [5, 5.41) is 29.1. The minimum absolute atomic E-state index is 0.0182. The number of carbonyl (C=O) groups is 1. The van der Waals surface area contributed by atoms with Crippen LogP contribution < -0.4 is 0 Å². The molecule has 0 aliphatic heterocycles. The Labute approximate surface area is 117 Å². The van der Waals surface area contributed by atoms with E-state index in [2.05, 4.69) is 0 Å². The van der Waals surface area contributed by atoms with E-state index >= 15 is 0 Å². The van der Waals surface area contributed by atoms with Crippen molar-refractivity contribution in [3.8, 4) is 6.07 Å². The zero-order chi connectivity index (χ0) is 14.4. The van der Waals surface area contributed by atoms with Crippen molar-refractivity contribution in [3.05, 3.63) is 34.9 Å². The topological polar surface area (TPSA) is 81.3 Å². The highest BCUT2D eigenvalue weighted by Gasteiger charge is 2.22. The van der Waals surface area contributed by atoms with Crippen molar-refractivity contribution in [2.24, 2.45) is 0 Å². The van der Waals surface area contributed by atoms with E-state index in [0.717, 1.165) is 17.3 Å². The molecule has 1 rings (SSSR count). The maximum absolute atomic E-state index is 10.8. The van der Waals surface area contributed by atoms with Crippen LogP contribution in [0, 0.1) is 18.3 Å². The average Bonchev–Trinajstić information content (AvgIpc) is 2.37. The molecule has 1 aromatic carbocycles. The molecule has 0 radical (unpaired) electrons. The fourth-order valence-electron chi connectivity index (χ4n) is 1.84. The third kappa shape index (κ3) is 4.35. The average molecular weight is 279 g/mol. The summed E-state index contributed by atoms with van der Waals surface area (Å²) in [5.74, 6) is 0.446. The van der Waals surface area contributed by atoms with E-state index in [0.29, 0.717) is 23.3 Å². The maximum atomic E-state index is 10.8. The number of aliphatic hydroxyl groups excluding tert-OH is 2. The third-order valence-corrected chi connectivity index (χ3v) is 3.67. The molecular formula is C14H17NO3S. The molecule has 4 nitrogen and oxygen atoms in total. The molecule has 0 amide bonds. The van der Waals surface area contributed by atoms with Crippen LogP contribution in [-0.4, -0.2) is 27.2 Å². The summed E-state index contributed by atoms with van der Waals surface area (Å²) in [6.45, 7) is 3.25. The van der Waals surface area contributed by atoms with Crippen LogP contribution in [0.25, 0.3) is 0 Å². The zero-order valence-electron chi connectivity index (χ0n) is 11.0. The normalized spacial score (nSPS) is 13.6. The lowest BCUT2D eigenvalue weighted by Gasteiger charge is -2.20. The van der Waals surface area contributed by atoms with Crippen molar-refractivity contribution in [2.75, 3.05) is 5.75 Å². The largest absolute Gasteiger partial charge is 0.390 e. The van der Waals surface area contributed by atoms with Crippen LogP contribution in [-0.2, 0) is 4.79 Å². The van der Waals surface area contributed by atoms with Gasteiger partial charge in [0, 0.05) is 18.2 Å². The van der Waals surface area contributed by atoms with E-state index in [1.165, 1.54) is 6.92 Å². The predicted octanol–water partition coefficient (Wildman–Crippen LogP) is 1.93. The Morgan fingerprint density at radius 3 is 2.74 bits per heavy atom. The summed E-state index contributed by atoms with van der Waals surface area (Å²) in [6.07, 6.45) is -1.80. The number of aryl methyl sites for hydroxylation is 1. The molecule has 102 valence electrons. The summed E-state index contributed by atoms with van der Waals surface area (Å²) in [5.41, 5.74) is 1.60. The van der Waals surface area contributed by atoms with Gasteiger partial charge in [-0.25, -0.2) is 0 Å². The van der Waals surface area contributed by atoms with E-state index in [-0.39, 0.29) is 5.12 Å². The van der Waals surface area contributed by atoms with Crippen LogP contribution in [0.4, 0.5) is 0 Å². The van der Waals surface area contributed by atoms with Gasteiger partial charge in [-0.3, -0.25) is 4.79 Å². The van der Waals surface area contributed by atoms with Gasteiger partial charge in [-0.05, 0) is 25.0 Å². The number of hydrogen-bond donors (Lipinski definition) is 2. The minimum Gasteiger partial charge on any atom is -0.390 e. The lowest BCUT2D eigenvalue weighted by atomic mass is 9.94. The Balaban J connectivity index is 2.80. The minimum atomic E-state index is -1.11. The van der Waals surface area contributed by atoms with Gasteiger partial charge in [0.2, 0.25) is 0 Å². The van der Waals surface area contributed by atoms with Gasteiger partial charge in [0.05, 0.1) is 17.7 Å². The first kappa shape index (κ1) is 15.7. The summed E-state index contributed by atoms with van der Waals surface area (Å²) in [6, 6.07) is 7.16. The predicted molar refractivity (Wildman–Crippen MR) is 74.6 cm³/mol. The van der Waals surface area contributed by atoms with Crippen molar-refractivity contribution in [3.63, 3.8) is 0 Å². The number of thioether (sulfide) groups is 1. The van der Waals surface area contributed by atoms with E-state index in [4.69, 9.17) is 5.26 Å². The van der Waals surface area contributed by atoms with Crippen molar-refractivity contribution in [1.29, 1.82) is 5.26 Å². The molecule has 2 atom stereocenters. The number of benzene rings is 1. The van der Waals surface area contributed by atoms with Gasteiger partial charge in [0.1, 0.15) is 6.10 Å². The Kier molecular flexibility index (Phi) is 6.03. The Morgan fingerprint density at radius 1 is 1.47 bits per heavy atom. The first-order valence-corrected chi connectivity index (χ1v) is 6.95. The van der Waals surface area contributed by atoms with Crippen LogP contribution in [0.5, 0.6) is 0 Å². The third-order valence-electron chi connectivity index (χ3n) is 2.82. The molecule has 0 spiro atoms. The monoisotopic (exact) mass is 279 g/mol. The molecule has 0 aromatic heterocycles. The van der Waals surface area contributed by atoms with Crippen molar-refractivity contribution >= 4 is 16.9 Å². The van der Waals surface area contributed by atoms with Gasteiger partial charge in [-0.15, -0.1) is 0 Å². The fourth-order valence-corrected chi connectivity index (χ4v) is 2.49. The Morgan fingerprint density at radius 2 is 2.16 bits per heavy atom. The molecule has 2 N–H and O–H groups in total. The summed E-state index contributed by atoms with van der Waals surface area (Å²) in [7, 11) is 0. The highest BCUT2D eigenvalue weighted by atomic mass is 32.2. The molecular weight excluding hydrogens is 262 g/mol. The van der Waals surface area contributed by atoms with Crippen molar-refractivity contribution in [1.82, 2.24) is 0 Å². The van der Waals surface area contributed by atoms with Gasteiger partial charge in [-0.1, -0.05) is 23.9 Å². The lowest BCUT2D eigenvalue weighted by molar-refractivity contribution is -0.109. The number of aliphatic hydroxyl groups is 2. The quantitative estimate of drug-likeness (QED) is 0.860. The maximum Gasteiger partial charge on any atom is 0.185 e. The van der Waals surface area contributed by atoms with Crippen LogP contribution in [0.3, 0.4) is 0 Å². The number of hydrogen-bond acceptors (Lipinski definition) is 5. The molecule has 0 saturated carbocycles. The van der Waals surface area contributed by atoms with Gasteiger partial charge < -0.3 is 10.2 Å². The van der Waals surface area contributed by atoms with Crippen LogP contribution in [0.15, 0.2) is 18.2 Å². The number of rotatable bonds is 5. The van der Waals surface area contributed by atoms with Gasteiger partial charge in [-0.2, -0.15) is 5.26 Å². The molecule has 0 heterocycles. The molecule has 2 unspecified atom stereocenters. The van der Waals surface area contributed by atoms with Gasteiger partial charge in [0.25, 0.3) is 0 Å². The summed E-state index contributed by atoms with van der Waals surface area (Å²) in [4.78, 5) is 10.8. The molecule has 0 aliphatic rings. The molecule has 0 saturated heterocycles. The second kappa shape index (κ2) is 7.29. The van der Waals surface area contributed by atoms with E-state index in [1.807, 2.05) is 6.07 Å². The molecule has 19 heavy (non-hydrogen) atoms. The molecule has 0 aliphatic carbocycles. The molecule has 1 aromatic rings. The highest BCUT2D eigenvalue weighted by molar-refractivity contribution is 8.13. The van der Waals surface area contributed by atoms with E-state index in [9.17, 15) is 15.0 Å². The fraction of sp³-hybridized carbons (Fsp3) is 0.429. The standard InChI is InChI=1S/C14H17NO3S/c1-9-4-3-5-11(8-15)13(9)14(18)12(17)6-7-19-10(2)16/h3-5,12,14,17-18H,6-7H2,1-2H3. The number of nitrogens with zero attached hydrogens (tertiary/aromatic N) is 1. The van der Waals surface area contributed by atoms with E-state index in [1.54, 1.807) is 25.1 Å².